The van der Waals surface area contributed by atoms with E-state index in [0.717, 1.165) is 19.3 Å². The first-order valence-corrected chi connectivity index (χ1v) is 27.4. The summed E-state index contributed by atoms with van der Waals surface area (Å²) in [6.45, 7) is 6.83. The number of amides is 3. The van der Waals surface area contributed by atoms with Crippen molar-refractivity contribution in [2.45, 2.75) is 329 Å². The van der Waals surface area contributed by atoms with Gasteiger partial charge in [0.2, 0.25) is 0 Å². The minimum Gasteiger partial charge on any atom is -1.00 e. The molecule has 0 fully saturated rings. The van der Waals surface area contributed by atoms with Crippen LogP contribution in [0, 0.1) is 0 Å². The zero-order chi connectivity index (χ0) is 44.7. The van der Waals surface area contributed by atoms with Gasteiger partial charge in [0.05, 0.1) is 19.3 Å². The number of quaternary nitrogens is 3. The van der Waals surface area contributed by atoms with Crippen LogP contribution in [-0.4, -0.2) is 17.7 Å². The average Bonchev–Trinajstić information content (AvgIpc) is 3.22. The molecule has 0 saturated heterocycles. The summed E-state index contributed by atoms with van der Waals surface area (Å²) in [5, 5.41) is 0. The van der Waals surface area contributed by atoms with Crippen molar-refractivity contribution in [1.29, 1.82) is 0 Å². The van der Waals surface area contributed by atoms with E-state index in [9.17, 15) is 14.4 Å². The number of hydrogen-bond donors (Lipinski definition) is 3. The zero-order valence-corrected chi connectivity index (χ0v) is 45.2. The molecule has 0 aromatic carbocycles. The van der Waals surface area contributed by atoms with Crippen molar-refractivity contribution in [3.05, 3.63) is 0 Å². The lowest BCUT2D eigenvalue weighted by Gasteiger charge is -2.03. The van der Waals surface area contributed by atoms with Gasteiger partial charge in [0.1, 0.15) is 0 Å². The second-order valence-electron chi connectivity index (χ2n) is 18.7. The van der Waals surface area contributed by atoms with Crippen molar-refractivity contribution in [2.75, 3.05) is 0 Å². The Morgan fingerprint density at radius 3 is 0.397 bits per heavy atom. The van der Waals surface area contributed by atoms with Crippen molar-refractivity contribution in [2.24, 2.45) is 0 Å². The summed E-state index contributed by atoms with van der Waals surface area (Å²) in [4.78, 5) is 32.0. The molecule has 6 nitrogen and oxygen atoms in total. The predicted molar refractivity (Wildman–Crippen MR) is 262 cm³/mol. The van der Waals surface area contributed by atoms with Crippen LogP contribution in [0.15, 0.2) is 0 Å². The Morgan fingerprint density at radius 1 is 0.206 bits per heavy atom. The first-order chi connectivity index (χ1) is 29.3. The third-order valence-electron chi connectivity index (χ3n) is 12.2. The summed E-state index contributed by atoms with van der Waals surface area (Å²) in [6.07, 6.45) is 63.7. The molecule has 0 unspecified atom stereocenters. The van der Waals surface area contributed by atoms with Gasteiger partial charge in [0.15, 0.2) is 0 Å². The molecule has 0 aliphatic heterocycles. The van der Waals surface area contributed by atoms with Crippen molar-refractivity contribution < 1.29 is 68.8 Å². The van der Waals surface area contributed by atoms with Gasteiger partial charge < -0.3 is 37.2 Å². The molecular weight excluding hydrogens is 845 g/mol. The van der Waals surface area contributed by atoms with E-state index in [0.29, 0.717) is 19.3 Å². The van der Waals surface area contributed by atoms with E-state index >= 15 is 0 Å². The number of rotatable bonds is 48. The Labute approximate surface area is 413 Å². The third-order valence-corrected chi connectivity index (χ3v) is 12.2. The minimum absolute atomic E-state index is 0. The third kappa shape index (κ3) is 85.6. The highest BCUT2D eigenvalue weighted by atomic mass is 35.5. The smallest absolute Gasteiger partial charge is 0.308 e. The van der Waals surface area contributed by atoms with Gasteiger partial charge in [0.25, 0.3) is 0 Å². The van der Waals surface area contributed by atoms with Gasteiger partial charge in [-0.1, -0.05) is 290 Å². The molecule has 0 aliphatic rings. The molecule has 3 amide bonds. The van der Waals surface area contributed by atoms with E-state index in [4.69, 9.17) is 0 Å². The van der Waals surface area contributed by atoms with Crippen LogP contribution in [-0.2, 0) is 14.4 Å². The maximum Gasteiger partial charge on any atom is 0.308 e. The normalized spacial score (nSPS) is 10.4. The fraction of sp³-hybridized carbons (Fsp3) is 0.944. The molecule has 0 aliphatic carbocycles. The lowest BCUT2D eigenvalue weighted by Crippen LogP contribution is -3.00. The van der Waals surface area contributed by atoms with Crippen LogP contribution >= 0.6 is 0 Å². The van der Waals surface area contributed by atoms with Crippen molar-refractivity contribution in [3.63, 3.8) is 0 Å². The molecule has 0 aromatic rings. The largest absolute Gasteiger partial charge is 1.00 e. The summed E-state index contributed by atoms with van der Waals surface area (Å²) in [7, 11) is 0. The van der Waals surface area contributed by atoms with E-state index in [2.05, 4.69) is 38.0 Å². The van der Waals surface area contributed by atoms with Crippen LogP contribution in [0.25, 0.3) is 0 Å². The highest BCUT2D eigenvalue weighted by Gasteiger charge is 2.01. The van der Waals surface area contributed by atoms with Crippen LogP contribution in [0.4, 0.5) is 0 Å². The van der Waals surface area contributed by atoms with Gasteiger partial charge in [-0.3, -0.25) is 17.2 Å². The molecule has 0 spiro atoms. The fourth-order valence-corrected chi connectivity index (χ4v) is 8.08. The fourth-order valence-electron chi connectivity index (χ4n) is 8.08. The van der Waals surface area contributed by atoms with Crippen LogP contribution < -0.4 is 54.4 Å². The minimum atomic E-state index is 0. The maximum atomic E-state index is 10.7. The van der Waals surface area contributed by atoms with Gasteiger partial charge in [0, 0.05) is 0 Å². The van der Waals surface area contributed by atoms with Crippen LogP contribution in [0.2, 0.25) is 0 Å². The quantitative estimate of drug-likeness (QED) is 0.0641. The summed E-state index contributed by atoms with van der Waals surface area (Å²) in [5.41, 5.74) is 10.2. The van der Waals surface area contributed by atoms with E-state index < -0.39 is 0 Å². The lowest BCUT2D eigenvalue weighted by atomic mass is 10.0. The van der Waals surface area contributed by atoms with Gasteiger partial charge in [-0.15, -0.1) is 0 Å². The molecule has 9 N–H and O–H groups in total. The first-order valence-electron chi connectivity index (χ1n) is 27.4. The highest BCUT2D eigenvalue weighted by Crippen LogP contribution is 2.16. The molecule has 63 heavy (non-hydrogen) atoms. The number of carbonyl (C=O) groups excluding carboxylic acids is 3. The SMILES string of the molecule is CCCCCCCCCCCCCCCCCC([NH3+])=O.CCCCCCCCCCCCCCCCCC([NH3+])=O.CCCCCCCCCCCCCCCCCC([NH3+])=O.[Cl-].[Cl-].[Cl-]. The monoisotopic (exact) mass is 958 g/mol. The number of halogens is 3. The molecule has 0 rings (SSSR count). The van der Waals surface area contributed by atoms with Gasteiger partial charge in [-0.2, -0.15) is 0 Å². The van der Waals surface area contributed by atoms with Crippen molar-refractivity contribution in [3.8, 4) is 0 Å². The van der Waals surface area contributed by atoms with Crippen LogP contribution in [0.1, 0.15) is 329 Å². The molecule has 0 radical (unpaired) electrons. The lowest BCUT2D eigenvalue weighted by molar-refractivity contribution is -0.307. The summed E-state index contributed by atoms with van der Waals surface area (Å²) in [5.74, 6) is 0.291. The van der Waals surface area contributed by atoms with Crippen LogP contribution in [0.3, 0.4) is 0 Å². The first kappa shape index (κ1) is 74.3. The second kappa shape index (κ2) is 70.8. The topological polar surface area (TPSA) is 134 Å². The summed E-state index contributed by atoms with van der Waals surface area (Å²) < 4.78 is 0. The predicted octanol–water partition coefficient (Wildman–Crippen LogP) is 6.06. The maximum absolute atomic E-state index is 10.7. The Morgan fingerprint density at radius 2 is 0.302 bits per heavy atom. The molecule has 0 atom stereocenters. The summed E-state index contributed by atoms with van der Waals surface area (Å²) >= 11 is 0. The van der Waals surface area contributed by atoms with E-state index in [1.807, 2.05) is 0 Å². The Bertz CT molecular complexity index is 733. The zero-order valence-electron chi connectivity index (χ0n) is 42.9. The van der Waals surface area contributed by atoms with Gasteiger partial charge in [-0.25, -0.2) is 14.4 Å². The Balaban J connectivity index is -0.000000189. The van der Waals surface area contributed by atoms with Crippen molar-refractivity contribution in [1.82, 2.24) is 0 Å². The Hall–Kier alpha value is -0.240. The standard InChI is InChI=1S/3C18H37NO.3ClH/c3*1-2-3-4-5-6-7-8-9-10-11-12-13-14-15-16-17-18(19)20;;;/h3*2-17H2,1H3,(H2,19,20);3*1H. The van der Waals surface area contributed by atoms with E-state index in [1.165, 1.54) is 270 Å². The van der Waals surface area contributed by atoms with E-state index in [1.54, 1.807) is 0 Å². The Kier molecular flexibility index (Phi) is 83.5. The molecule has 0 bridgehead atoms. The number of unbranched alkanes of at least 4 members (excludes halogenated alkanes) is 42. The molecule has 0 heterocycles. The van der Waals surface area contributed by atoms with Gasteiger partial charge in [-0.05, 0) is 19.3 Å². The van der Waals surface area contributed by atoms with E-state index in [-0.39, 0.29) is 54.9 Å². The van der Waals surface area contributed by atoms with Gasteiger partial charge >= 0.3 is 17.7 Å². The molecule has 0 saturated carbocycles. The molecule has 384 valence electrons. The summed E-state index contributed by atoms with van der Waals surface area (Å²) in [6, 6.07) is 0. The average molecular weight is 960 g/mol. The number of carbonyl (C=O) groups is 3. The molecule has 9 heteroatoms. The van der Waals surface area contributed by atoms with Crippen LogP contribution in [0.5, 0.6) is 0 Å². The molecular formula is C54H114Cl3N3O3. The number of hydrogen-bond acceptors (Lipinski definition) is 3. The molecule has 0 aromatic heterocycles. The van der Waals surface area contributed by atoms with Crippen molar-refractivity contribution >= 4 is 17.7 Å². The second-order valence-corrected chi connectivity index (χ2v) is 18.7. The highest BCUT2D eigenvalue weighted by molar-refractivity contribution is 5.64.